The first-order chi connectivity index (χ1) is 8.29. The lowest BCUT2D eigenvalue weighted by Gasteiger charge is -2.13. The molecule has 0 bridgehead atoms. The molecule has 0 spiro atoms. The van der Waals surface area contributed by atoms with Crippen LogP contribution in [-0.2, 0) is 11.0 Å². The second kappa shape index (κ2) is 4.64. The molecular formula is C10H8ClF3N2OS. The average Bonchev–Trinajstić information content (AvgIpc) is 2.38. The SMILES string of the molecule is N[C@H]1CSc2c(Cl)cc(C(F)(F)F)cc2NC1=O. The number of amides is 1. The second-order valence-electron chi connectivity index (χ2n) is 3.74. The van der Waals surface area contributed by atoms with Gasteiger partial charge in [-0.3, -0.25) is 4.79 Å². The summed E-state index contributed by atoms with van der Waals surface area (Å²) in [5.41, 5.74) is 4.69. The van der Waals surface area contributed by atoms with Crippen LogP contribution in [0.5, 0.6) is 0 Å². The van der Waals surface area contributed by atoms with Gasteiger partial charge in [-0.15, -0.1) is 11.8 Å². The number of hydrogen-bond donors (Lipinski definition) is 2. The van der Waals surface area contributed by atoms with Gasteiger partial charge in [0.15, 0.2) is 0 Å². The van der Waals surface area contributed by atoms with E-state index in [1.807, 2.05) is 0 Å². The fourth-order valence-electron chi connectivity index (χ4n) is 1.47. The summed E-state index contributed by atoms with van der Waals surface area (Å²) in [6.07, 6.45) is -4.51. The van der Waals surface area contributed by atoms with E-state index in [0.29, 0.717) is 4.90 Å². The normalized spacial score (nSPS) is 20.1. The second-order valence-corrected chi connectivity index (χ2v) is 5.18. The summed E-state index contributed by atoms with van der Waals surface area (Å²) in [5, 5.41) is 2.31. The summed E-state index contributed by atoms with van der Waals surface area (Å²) in [6, 6.07) is 0.938. The van der Waals surface area contributed by atoms with Crippen molar-refractivity contribution in [3.05, 3.63) is 22.7 Å². The molecule has 18 heavy (non-hydrogen) atoms. The van der Waals surface area contributed by atoms with Gasteiger partial charge in [0.25, 0.3) is 0 Å². The largest absolute Gasteiger partial charge is 0.416 e. The molecule has 0 radical (unpaired) electrons. The first kappa shape index (κ1) is 13.5. The highest BCUT2D eigenvalue weighted by Gasteiger charge is 2.33. The van der Waals surface area contributed by atoms with E-state index in [1.54, 1.807) is 0 Å². The standard InChI is InChI=1S/C10H8ClF3N2OS/c11-5-1-4(10(12,13)14)2-7-8(5)18-3-6(15)9(17)16-7/h1-2,6H,3,15H2,(H,16,17)/t6-/m0/s1. The fourth-order valence-corrected chi connectivity index (χ4v) is 2.81. The van der Waals surface area contributed by atoms with Crippen LogP contribution in [0.15, 0.2) is 17.0 Å². The number of benzene rings is 1. The monoisotopic (exact) mass is 296 g/mol. The van der Waals surface area contributed by atoms with E-state index in [0.717, 1.165) is 23.9 Å². The Morgan fingerprint density at radius 3 is 2.72 bits per heavy atom. The summed E-state index contributed by atoms with van der Waals surface area (Å²) in [4.78, 5) is 11.9. The van der Waals surface area contributed by atoms with Gasteiger partial charge in [-0.25, -0.2) is 0 Å². The maximum Gasteiger partial charge on any atom is 0.416 e. The molecule has 1 atom stereocenters. The van der Waals surface area contributed by atoms with Crippen LogP contribution in [0.1, 0.15) is 5.56 Å². The molecular weight excluding hydrogens is 289 g/mol. The van der Waals surface area contributed by atoms with Gasteiger partial charge >= 0.3 is 6.18 Å². The van der Waals surface area contributed by atoms with Crippen LogP contribution in [0.4, 0.5) is 18.9 Å². The van der Waals surface area contributed by atoms with Gasteiger partial charge in [-0.05, 0) is 12.1 Å². The van der Waals surface area contributed by atoms with Crippen molar-refractivity contribution in [2.45, 2.75) is 17.1 Å². The number of fused-ring (bicyclic) bond motifs is 1. The minimum absolute atomic E-state index is 0.0424. The Balaban J connectivity index is 2.50. The Morgan fingerprint density at radius 2 is 2.11 bits per heavy atom. The molecule has 3 nitrogen and oxygen atoms in total. The Kier molecular flexibility index (Phi) is 3.48. The number of thioether (sulfide) groups is 1. The van der Waals surface area contributed by atoms with Crippen molar-refractivity contribution in [2.75, 3.05) is 11.1 Å². The van der Waals surface area contributed by atoms with Crippen LogP contribution in [0.2, 0.25) is 5.02 Å². The fraction of sp³-hybridized carbons (Fsp3) is 0.300. The van der Waals surface area contributed by atoms with Gasteiger partial charge in [-0.1, -0.05) is 11.6 Å². The maximum absolute atomic E-state index is 12.6. The van der Waals surface area contributed by atoms with Gasteiger partial charge < -0.3 is 11.1 Å². The molecule has 0 saturated carbocycles. The molecule has 1 amide bonds. The minimum atomic E-state index is -4.51. The zero-order chi connectivity index (χ0) is 13.5. The van der Waals surface area contributed by atoms with E-state index in [9.17, 15) is 18.0 Å². The Bertz CT molecular complexity index is 507. The van der Waals surface area contributed by atoms with Crippen molar-refractivity contribution in [1.29, 1.82) is 0 Å². The predicted octanol–water partition coefficient (Wildman–Crippen LogP) is 2.73. The summed E-state index contributed by atoms with van der Waals surface area (Å²) >= 11 is 6.97. The van der Waals surface area contributed by atoms with Gasteiger partial charge in [0.1, 0.15) is 0 Å². The number of halogens is 4. The molecule has 0 saturated heterocycles. The quantitative estimate of drug-likeness (QED) is 0.774. The lowest BCUT2D eigenvalue weighted by atomic mass is 10.2. The van der Waals surface area contributed by atoms with Crippen molar-refractivity contribution in [3.8, 4) is 0 Å². The third-order valence-electron chi connectivity index (χ3n) is 2.37. The Hall–Kier alpha value is -0.920. The van der Waals surface area contributed by atoms with Crippen LogP contribution in [-0.4, -0.2) is 17.7 Å². The molecule has 1 aromatic rings. The first-order valence-corrected chi connectivity index (χ1v) is 6.25. The smallest absolute Gasteiger partial charge is 0.324 e. The van der Waals surface area contributed by atoms with E-state index >= 15 is 0 Å². The van der Waals surface area contributed by atoms with E-state index in [2.05, 4.69) is 5.32 Å². The lowest BCUT2D eigenvalue weighted by Crippen LogP contribution is -2.36. The first-order valence-electron chi connectivity index (χ1n) is 4.89. The van der Waals surface area contributed by atoms with Crippen molar-refractivity contribution in [3.63, 3.8) is 0 Å². The van der Waals surface area contributed by atoms with Gasteiger partial charge in [-0.2, -0.15) is 13.2 Å². The van der Waals surface area contributed by atoms with Crippen LogP contribution >= 0.6 is 23.4 Å². The minimum Gasteiger partial charge on any atom is -0.324 e. The number of carbonyl (C=O) groups is 1. The number of carbonyl (C=O) groups excluding carboxylic acids is 1. The van der Waals surface area contributed by atoms with Gasteiger partial charge in [0, 0.05) is 10.6 Å². The van der Waals surface area contributed by atoms with Crippen molar-refractivity contribution in [2.24, 2.45) is 5.73 Å². The number of hydrogen-bond acceptors (Lipinski definition) is 3. The van der Waals surface area contributed by atoms with Crippen LogP contribution in [0.3, 0.4) is 0 Å². The molecule has 1 aromatic carbocycles. The van der Waals surface area contributed by atoms with E-state index in [-0.39, 0.29) is 16.5 Å². The number of nitrogens with one attached hydrogen (secondary N) is 1. The number of nitrogens with two attached hydrogens (primary N) is 1. The summed E-state index contributed by atoms with van der Waals surface area (Å²) in [7, 11) is 0. The molecule has 98 valence electrons. The number of alkyl halides is 3. The van der Waals surface area contributed by atoms with E-state index in [4.69, 9.17) is 17.3 Å². The predicted molar refractivity (Wildman–Crippen MR) is 63.8 cm³/mol. The number of anilines is 1. The lowest BCUT2D eigenvalue weighted by molar-refractivity contribution is -0.137. The zero-order valence-electron chi connectivity index (χ0n) is 8.84. The summed E-state index contributed by atoms with van der Waals surface area (Å²) in [5.74, 6) is -0.249. The molecule has 0 aromatic heterocycles. The van der Waals surface area contributed by atoms with Crippen molar-refractivity contribution >= 4 is 35.0 Å². The molecule has 2 rings (SSSR count). The molecule has 0 unspecified atom stereocenters. The molecule has 1 aliphatic heterocycles. The topological polar surface area (TPSA) is 55.1 Å². The Labute approximate surface area is 110 Å². The van der Waals surface area contributed by atoms with Crippen molar-refractivity contribution in [1.82, 2.24) is 0 Å². The highest BCUT2D eigenvalue weighted by Crippen LogP contribution is 2.41. The summed E-state index contributed by atoms with van der Waals surface area (Å²) in [6.45, 7) is 0. The molecule has 3 N–H and O–H groups in total. The molecule has 0 fully saturated rings. The third kappa shape index (κ3) is 2.57. The van der Waals surface area contributed by atoms with E-state index in [1.165, 1.54) is 0 Å². The van der Waals surface area contributed by atoms with E-state index < -0.39 is 23.7 Å². The maximum atomic E-state index is 12.6. The third-order valence-corrected chi connectivity index (χ3v) is 4.04. The van der Waals surface area contributed by atoms with Gasteiger partial charge in [0.05, 0.1) is 22.3 Å². The van der Waals surface area contributed by atoms with Crippen molar-refractivity contribution < 1.29 is 18.0 Å². The van der Waals surface area contributed by atoms with Crippen LogP contribution < -0.4 is 11.1 Å². The average molecular weight is 297 g/mol. The molecule has 8 heteroatoms. The Morgan fingerprint density at radius 1 is 1.44 bits per heavy atom. The molecule has 1 heterocycles. The summed E-state index contributed by atoms with van der Waals surface area (Å²) < 4.78 is 37.8. The van der Waals surface area contributed by atoms with Crippen LogP contribution in [0.25, 0.3) is 0 Å². The molecule has 1 aliphatic rings. The molecule has 0 aliphatic carbocycles. The number of rotatable bonds is 0. The highest BCUT2D eigenvalue weighted by molar-refractivity contribution is 7.99. The van der Waals surface area contributed by atoms with Crippen LogP contribution in [0, 0.1) is 0 Å². The highest BCUT2D eigenvalue weighted by atomic mass is 35.5. The zero-order valence-corrected chi connectivity index (χ0v) is 10.4. The van der Waals surface area contributed by atoms with Gasteiger partial charge in [0.2, 0.25) is 5.91 Å².